The van der Waals surface area contributed by atoms with Crippen LogP contribution in [0.2, 0.25) is 0 Å². The molecule has 0 aliphatic carbocycles. The molecule has 0 bridgehead atoms. The van der Waals surface area contributed by atoms with Crippen LogP contribution < -0.4 is 10.5 Å². The lowest BCUT2D eigenvalue weighted by Gasteiger charge is -2.10. The smallest absolute Gasteiger partial charge is 0.242 e. The number of hydrogen-bond acceptors (Lipinski definition) is 4. The highest BCUT2D eigenvalue weighted by Gasteiger charge is 2.19. The molecule has 1 aromatic rings. The van der Waals surface area contributed by atoms with E-state index in [4.69, 9.17) is 11.0 Å². The molecular weight excluding hydrogens is 226 g/mol. The van der Waals surface area contributed by atoms with Gasteiger partial charge in [0.1, 0.15) is 6.07 Å². The van der Waals surface area contributed by atoms with Crippen LogP contribution in [0, 0.1) is 11.3 Å². The fourth-order valence-corrected chi connectivity index (χ4v) is 2.63. The molecule has 0 aliphatic heterocycles. The number of nitriles is 1. The first kappa shape index (κ1) is 12.5. The van der Waals surface area contributed by atoms with Crippen molar-refractivity contribution < 1.29 is 8.42 Å². The van der Waals surface area contributed by atoms with E-state index in [-0.39, 0.29) is 16.5 Å². The van der Waals surface area contributed by atoms with Crippen LogP contribution in [0.15, 0.2) is 23.1 Å². The summed E-state index contributed by atoms with van der Waals surface area (Å²) >= 11 is 0. The van der Waals surface area contributed by atoms with Crippen LogP contribution in [0.3, 0.4) is 0 Å². The number of nitrogen functional groups attached to an aromatic ring is 1. The minimum atomic E-state index is -3.65. The van der Waals surface area contributed by atoms with Gasteiger partial charge in [-0.25, -0.2) is 13.1 Å². The van der Waals surface area contributed by atoms with Gasteiger partial charge in [-0.1, -0.05) is 0 Å². The maximum atomic E-state index is 11.8. The second-order valence-corrected chi connectivity index (χ2v) is 5.33. The van der Waals surface area contributed by atoms with Gasteiger partial charge in [0.05, 0.1) is 10.5 Å². The Hall–Kier alpha value is -1.58. The Kier molecular flexibility index (Phi) is 3.52. The number of nitrogens with one attached hydrogen (secondary N) is 1. The van der Waals surface area contributed by atoms with E-state index in [1.165, 1.54) is 18.2 Å². The van der Waals surface area contributed by atoms with E-state index >= 15 is 0 Å². The molecule has 0 saturated carbocycles. The molecule has 0 aromatic heterocycles. The van der Waals surface area contributed by atoms with E-state index in [9.17, 15) is 8.42 Å². The molecule has 0 radical (unpaired) electrons. The molecule has 1 rings (SSSR count). The van der Waals surface area contributed by atoms with Gasteiger partial charge in [-0.15, -0.1) is 0 Å². The molecular formula is C10H13N3O2S. The zero-order valence-electron chi connectivity index (χ0n) is 9.06. The van der Waals surface area contributed by atoms with E-state index in [0.717, 1.165) is 0 Å². The van der Waals surface area contributed by atoms with Crippen molar-refractivity contribution >= 4 is 15.7 Å². The molecule has 0 heterocycles. The quantitative estimate of drug-likeness (QED) is 0.763. The van der Waals surface area contributed by atoms with Gasteiger partial charge in [0, 0.05) is 11.7 Å². The summed E-state index contributed by atoms with van der Waals surface area (Å²) in [6.45, 7) is 3.42. The van der Waals surface area contributed by atoms with E-state index in [1.807, 2.05) is 6.07 Å². The van der Waals surface area contributed by atoms with E-state index in [0.29, 0.717) is 5.69 Å². The van der Waals surface area contributed by atoms with Gasteiger partial charge < -0.3 is 5.73 Å². The van der Waals surface area contributed by atoms with Crippen molar-refractivity contribution in [1.82, 2.24) is 4.72 Å². The number of anilines is 1. The number of nitrogens with two attached hydrogens (primary N) is 1. The van der Waals surface area contributed by atoms with Gasteiger partial charge in [0.2, 0.25) is 10.0 Å². The third-order valence-corrected chi connectivity index (χ3v) is 3.52. The maximum absolute atomic E-state index is 11.8. The molecule has 0 aliphatic rings. The van der Waals surface area contributed by atoms with Gasteiger partial charge in [-0.2, -0.15) is 5.26 Å². The molecule has 5 nitrogen and oxygen atoms in total. The first-order chi connectivity index (χ1) is 7.36. The van der Waals surface area contributed by atoms with Crippen LogP contribution >= 0.6 is 0 Å². The molecule has 86 valence electrons. The number of sulfonamides is 1. The zero-order chi connectivity index (χ0) is 12.3. The van der Waals surface area contributed by atoms with E-state index < -0.39 is 10.0 Å². The van der Waals surface area contributed by atoms with E-state index in [2.05, 4.69) is 4.72 Å². The highest BCUT2D eigenvalue weighted by Crippen LogP contribution is 2.18. The summed E-state index contributed by atoms with van der Waals surface area (Å²) in [5, 5.41) is 8.84. The molecule has 0 amide bonds. The molecule has 1 aromatic carbocycles. The van der Waals surface area contributed by atoms with E-state index in [1.54, 1.807) is 13.8 Å². The summed E-state index contributed by atoms with van der Waals surface area (Å²) in [5.41, 5.74) is 5.89. The topological polar surface area (TPSA) is 96.0 Å². The van der Waals surface area contributed by atoms with Gasteiger partial charge in [-0.3, -0.25) is 0 Å². The van der Waals surface area contributed by atoms with Crippen molar-refractivity contribution in [2.45, 2.75) is 24.8 Å². The highest BCUT2D eigenvalue weighted by atomic mass is 32.2. The minimum Gasteiger partial charge on any atom is -0.399 e. The Balaban J connectivity index is 3.29. The lowest BCUT2D eigenvalue weighted by molar-refractivity contribution is 0.569. The first-order valence-electron chi connectivity index (χ1n) is 4.69. The number of nitrogens with zero attached hydrogens (tertiary/aromatic N) is 1. The van der Waals surface area contributed by atoms with Gasteiger partial charge in [0.25, 0.3) is 0 Å². The molecule has 0 atom stereocenters. The third-order valence-electron chi connectivity index (χ3n) is 1.80. The fraction of sp³-hybridized carbons (Fsp3) is 0.300. The van der Waals surface area contributed by atoms with Crippen LogP contribution in [-0.4, -0.2) is 14.5 Å². The van der Waals surface area contributed by atoms with Crippen molar-refractivity contribution in [3.8, 4) is 6.07 Å². The van der Waals surface area contributed by atoms with Crippen LogP contribution in [0.25, 0.3) is 0 Å². The number of rotatable bonds is 3. The molecule has 0 saturated heterocycles. The van der Waals surface area contributed by atoms with Crippen molar-refractivity contribution in [3.05, 3.63) is 23.8 Å². The van der Waals surface area contributed by atoms with Crippen molar-refractivity contribution in [2.24, 2.45) is 0 Å². The lowest BCUT2D eigenvalue weighted by Crippen LogP contribution is -2.30. The predicted molar refractivity (Wildman–Crippen MR) is 61.0 cm³/mol. The molecule has 0 fully saturated rings. The average Bonchev–Trinajstić information content (AvgIpc) is 2.15. The Morgan fingerprint density at radius 2 is 2.06 bits per heavy atom. The summed E-state index contributed by atoms with van der Waals surface area (Å²) < 4.78 is 26.1. The fourth-order valence-electron chi connectivity index (χ4n) is 1.24. The average molecular weight is 239 g/mol. The van der Waals surface area contributed by atoms with Crippen LogP contribution in [0.5, 0.6) is 0 Å². The number of benzene rings is 1. The standard InChI is InChI=1S/C10H13N3O2S/c1-7(2)13-16(14,15)10-4-3-9(12)5-8(10)6-11/h3-5,7,13H,12H2,1-2H3. The second-order valence-electron chi connectivity index (χ2n) is 3.64. The van der Waals surface area contributed by atoms with Crippen molar-refractivity contribution in [2.75, 3.05) is 5.73 Å². The summed E-state index contributed by atoms with van der Waals surface area (Å²) in [6, 6.07) is 5.72. The Morgan fingerprint density at radius 1 is 1.44 bits per heavy atom. The third kappa shape index (κ3) is 2.72. The molecule has 3 N–H and O–H groups in total. The number of hydrogen-bond donors (Lipinski definition) is 2. The van der Waals surface area contributed by atoms with Gasteiger partial charge >= 0.3 is 0 Å². The largest absolute Gasteiger partial charge is 0.399 e. The predicted octanol–water partition coefficient (Wildman–Crippen LogP) is 0.827. The lowest BCUT2D eigenvalue weighted by atomic mass is 10.2. The minimum absolute atomic E-state index is 0.0436. The Bertz CT molecular complexity index is 529. The Labute approximate surface area is 94.9 Å². The zero-order valence-corrected chi connectivity index (χ0v) is 9.88. The summed E-state index contributed by atoms with van der Waals surface area (Å²) in [5.74, 6) is 0. The summed E-state index contributed by atoms with van der Waals surface area (Å²) in [6.07, 6.45) is 0. The second kappa shape index (κ2) is 4.51. The highest BCUT2D eigenvalue weighted by molar-refractivity contribution is 7.89. The Morgan fingerprint density at radius 3 is 2.56 bits per heavy atom. The van der Waals surface area contributed by atoms with Crippen LogP contribution in [0.1, 0.15) is 19.4 Å². The van der Waals surface area contributed by atoms with Crippen molar-refractivity contribution in [1.29, 1.82) is 5.26 Å². The SMILES string of the molecule is CC(C)NS(=O)(=O)c1ccc(N)cc1C#N. The van der Waals surface area contributed by atoms with Gasteiger partial charge in [-0.05, 0) is 32.0 Å². The van der Waals surface area contributed by atoms with Crippen LogP contribution in [0.4, 0.5) is 5.69 Å². The monoisotopic (exact) mass is 239 g/mol. The molecule has 16 heavy (non-hydrogen) atoms. The maximum Gasteiger partial charge on any atom is 0.242 e. The first-order valence-corrected chi connectivity index (χ1v) is 6.17. The van der Waals surface area contributed by atoms with Gasteiger partial charge in [0.15, 0.2) is 0 Å². The van der Waals surface area contributed by atoms with Crippen LogP contribution in [-0.2, 0) is 10.0 Å². The summed E-state index contributed by atoms with van der Waals surface area (Å²) in [4.78, 5) is -0.0436. The molecule has 0 unspecified atom stereocenters. The summed E-state index contributed by atoms with van der Waals surface area (Å²) in [7, 11) is -3.65. The molecule has 0 spiro atoms. The normalized spacial score (nSPS) is 11.4. The van der Waals surface area contributed by atoms with Crippen molar-refractivity contribution in [3.63, 3.8) is 0 Å². The molecule has 6 heteroatoms.